The van der Waals surface area contributed by atoms with E-state index in [1.807, 2.05) is 7.05 Å². The maximum absolute atomic E-state index is 5.91. The first-order valence-corrected chi connectivity index (χ1v) is 7.15. The quantitative estimate of drug-likeness (QED) is 0.927. The summed E-state index contributed by atoms with van der Waals surface area (Å²) in [5.41, 5.74) is 2.60. The second-order valence-corrected chi connectivity index (χ2v) is 5.76. The fraction of sp³-hybridized carbons (Fsp3) is 0.571. The molecular weight excluding hydrogens is 292 g/mol. The monoisotopic (exact) mass is 312 g/mol. The number of benzene rings is 1. The van der Waals surface area contributed by atoms with Gasteiger partial charge < -0.3 is 10.1 Å². The number of aryl methyl sites for hydroxylation is 1. The first-order chi connectivity index (χ1) is 8.63. The largest absolute Gasteiger partial charge is 0.374 e. The summed E-state index contributed by atoms with van der Waals surface area (Å²) in [5.74, 6) is 0. The third-order valence-corrected chi connectivity index (χ3v) is 4.42. The smallest absolute Gasteiger partial charge is 0.0896 e. The summed E-state index contributed by atoms with van der Waals surface area (Å²) in [7, 11) is 4.15. The Balaban J connectivity index is 2.28. The second-order valence-electron chi connectivity index (χ2n) is 4.90. The zero-order valence-corrected chi connectivity index (χ0v) is 12.8. The van der Waals surface area contributed by atoms with E-state index in [2.05, 4.69) is 58.3 Å². The molecule has 1 saturated heterocycles. The maximum atomic E-state index is 5.91. The van der Waals surface area contributed by atoms with Gasteiger partial charge >= 0.3 is 0 Å². The molecule has 1 heterocycles. The van der Waals surface area contributed by atoms with Gasteiger partial charge in [0.15, 0.2) is 0 Å². The Morgan fingerprint density at radius 3 is 2.94 bits per heavy atom. The number of ether oxygens (including phenoxy) is 1. The normalized spacial score (nSPS) is 25.3. The van der Waals surface area contributed by atoms with Gasteiger partial charge in [0.1, 0.15) is 0 Å². The van der Waals surface area contributed by atoms with Gasteiger partial charge in [-0.1, -0.05) is 28.1 Å². The molecule has 1 aliphatic heterocycles. The van der Waals surface area contributed by atoms with E-state index in [1.54, 1.807) is 0 Å². The second kappa shape index (κ2) is 6.15. The first kappa shape index (κ1) is 14.0. The molecule has 1 aromatic carbocycles. The van der Waals surface area contributed by atoms with Gasteiger partial charge in [-0.2, -0.15) is 0 Å². The van der Waals surface area contributed by atoms with Gasteiger partial charge in [-0.05, 0) is 38.2 Å². The van der Waals surface area contributed by atoms with Crippen molar-refractivity contribution >= 4 is 15.9 Å². The molecule has 0 aliphatic carbocycles. The maximum Gasteiger partial charge on any atom is 0.0896 e. The van der Waals surface area contributed by atoms with Crippen molar-refractivity contribution in [2.24, 2.45) is 0 Å². The molecule has 0 aromatic heterocycles. The standard InChI is InChI=1S/C14H21BrN2O/c1-10-8-11(4-5-12(10)15)14-13(9-16-2)18-7-6-17(14)3/h4-5,8,13-14,16H,6-7,9H2,1-3H3. The van der Waals surface area contributed by atoms with Crippen LogP contribution in [0.5, 0.6) is 0 Å². The molecule has 1 aromatic rings. The van der Waals surface area contributed by atoms with E-state index in [9.17, 15) is 0 Å². The lowest BCUT2D eigenvalue weighted by atomic mass is 9.97. The van der Waals surface area contributed by atoms with Crippen LogP contribution in [0.15, 0.2) is 22.7 Å². The van der Waals surface area contributed by atoms with Crippen LogP contribution in [0.2, 0.25) is 0 Å². The minimum Gasteiger partial charge on any atom is -0.374 e. The average molecular weight is 313 g/mol. The van der Waals surface area contributed by atoms with Crippen LogP contribution in [-0.4, -0.2) is 44.8 Å². The lowest BCUT2D eigenvalue weighted by Gasteiger charge is -2.39. The van der Waals surface area contributed by atoms with Crippen LogP contribution in [0.1, 0.15) is 17.2 Å². The van der Waals surface area contributed by atoms with Gasteiger partial charge in [-0.15, -0.1) is 0 Å². The molecule has 1 aliphatic rings. The van der Waals surface area contributed by atoms with Crippen LogP contribution in [-0.2, 0) is 4.74 Å². The van der Waals surface area contributed by atoms with Crippen LogP contribution >= 0.6 is 15.9 Å². The summed E-state index contributed by atoms with van der Waals surface area (Å²) in [4.78, 5) is 2.38. The van der Waals surface area contributed by atoms with E-state index >= 15 is 0 Å². The summed E-state index contributed by atoms with van der Waals surface area (Å²) < 4.78 is 7.07. The van der Waals surface area contributed by atoms with Gasteiger partial charge in [0.25, 0.3) is 0 Å². The molecule has 2 atom stereocenters. The van der Waals surface area contributed by atoms with E-state index in [0.29, 0.717) is 6.04 Å². The highest BCUT2D eigenvalue weighted by Gasteiger charge is 2.31. The zero-order valence-electron chi connectivity index (χ0n) is 11.2. The van der Waals surface area contributed by atoms with Crippen LogP contribution in [0, 0.1) is 6.92 Å². The zero-order chi connectivity index (χ0) is 13.1. The lowest BCUT2D eigenvalue weighted by molar-refractivity contribution is -0.0606. The van der Waals surface area contributed by atoms with Gasteiger partial charge in [0, 0.05) is 17.6 Å². The van der Waals surface area contributed by atoms with Crippen molar-refractivity contribution in [1.82, 2.24) is 10.2 Å². The Morgan fingerprint density at radius 2 is 2.28 bits per heavy atom. The number of nitrogens with zero attached hydrogens (tertiary/aromatic N) is 1. The molecule has 4 heteroatoms. The third kappa shape index (κ3) is 2.94. The minimum absolute atomic E-state index is 0.217. The number of likely N-dealkylation sites (N-methyl/N-ethyl adjacent to an activating group) is 2. The van der Waals surface area contributed by atoms with Gasteiger partial charge in [0.2, 0.25) is 0 Å². The SMILES string of the molecule is CNCC1OCCN(C)C1c1ccc(Br)c(C)c1. The summed E-state index contributed by atoms with van der Waals surface area (Å²) in [6.45, 7) is 4.81. The Bertz CT molecular complexity index is 409. The first-order valence-electron chi connectivity index (χ1n) is 6.36. The van der Waals surface area contributed by atoms with Crippen molar-refractivity contribution in [1.29, 1.82) is 0 Å². The fourth-order valence-corrected chi connectivity index (χ4v) is 2.80. The van der Waals surface area contributed by atoms with Gasteiger partial charge in [0.05, 0.1) is 18.8 Å². The minimum atomic E-state index is 0.217. The number of nitrogens with one attached hydrogen (secondary N) is 1. The summed E-state index contributed by atoms with van der Waals surface area (Å²) >= 11 is 3.56. The topological polar surface area (TPSA) is 24.5 Å². The third-order valence-electron chi connectivity index (χ3n) is 3.53. The Morgan fingerprint density at radius 1 is 1.50 bits per heavy atom. The Hall–Kier alpha value is -0.420. The molecule has 0 saturated carbocycles. The molecule has 0 amide bonds. The molecule has 0 bridgehead atoms. The van der Waals surface area contributed by atoms with Crippen molar-refractivity contribution in [3.63, 3.8) is 0 Å². The summed E-state index contributed by atoms with van der Waals surface area (Å²) in [6, 6.07) is 6.90. The highest BCUT2D eigenvalue weighted by atomic mass is 79.9. The number of rotatable bonds is 3. The fourth-order valence-electron chi connectivity index (χ4n) is 2.55. The van der Waals surface area contributed by atoms with Crippen molar-refractivity contribution in [3.8, 4) is 0 Å². The number of hydrogen-bond acceptors (Lipinski definition) is 3. The van der Waals surface area contributed by atoms with E-state index in [0.717, 1.165) is 24.2 Å². The van der Waals surface area contributed by atoms with Crippen molar-refractivity contribution < 1.29 is 4.74 Å². The van der Waals surface area contributed by atoms with E-state index < -0.39 is 0 Å². The Kier molecular flexibility index (Phi) is 4.78. The highest BCUT2D eigenvalue weighted by Crippen LogP contribution is 2.30. The number of halogens is 1. The highest BCUT2D eigenvalue weighted by molar-refractivity contribution is 9.10. The summed E-state index contributed by atoms with van der Waals surface area (Å²) in [6.07, 6.45) is 0.217. The molecule has 0 radical (unpaired) electrons. The molecule has 100 valence electrons. The molecule has 0 spiro atoms. The molecule has 18 heavy (non-hydrogen) atoms. The molecule has 2 unspecified atom stereocenters. The predicted molar refractivity (Wildman–Crippen MR) is 77.9 cm³/mol. The van der Waals surface area contributed by atoms with E-state index in [1.165, 1.54) is 11.1 Å². The number of hydrogen-bond donors (Lipinski definition) is 1. The molecule has 1 N–H and O–H groups in total. The van der Waals surface area contributed by atoms with Crippen molar-refractivity contribution in [3.05, 3.63) is 33.8 Å². The molecular formula is C14H21BrN2O. The summed E-state index contributed by atoms with van der Waals surface area (Å²) in [5, 5.41) is 3.22. The van der Waals surface area contributed by atoms with Crippen LogP contribution in [0.25, 0.3) is 0 Å². The van der Waals surface area contributed by atoms with Gasteiger partial charge in [-0.3, -0.25) is 4.90 Å². The average Bonchev–Trinajstić information content (AvgIpc) is 2.34. The van der Waals surface area contributed by atoms with Gasteiger partial charge in [-0.25, -0.2) is 0 Å². The number of morpholine rings is 1. The molecule has 3 nitrogen and oxygen atoms in total. The Labute approximate surface area is 118 Å². The molecule has 2 rings (SSSR count). The molecule has 1 fully saturated rings. The van der Waals surface area contributed by atoms with E-state index in [4.69, 9.17) is 4.74 Å². The predicted octanol–water partition coefficient (Wildman–Crippen LogP) is 2.35. The van der Waals surface area contributed by atoms with Crippen LogP contribution < -0.4 is 5.32 Å². The van der Waals surface area contributed by atoms with Crippen molar-refractivity contribution in [2.45, 2.75) is 19.1 Å². The lowest BCUT2D eigenvalue weighted by Crippen LogP contribution is -2.47. The van der Waals surface area contributed by atoms with Crippen LogP contribution in [0.4, 0.5) is 0 Å². The van der Waals surface area contributed by atoms with E-state index in [-0.39, 0.29) is 6.10 Å². The van der Waals surface area contributed by atoms with Crippen molar-refractivity contribution in [2.75, 3.05) is 33.8 Å². The van der Waals surface area contributed by atoms with Crippen LogP contribution in [0.3, 0.4) is 0 Å².